The molecule has 2 heterocycles. The number of carbonyl (C=O) groups excluding carboxylic acids is 1. The van der Waals surface area contributed by atoms with Gasteiger partial charge in [-0.1, -0.05) is 29.8 Å². The lowest BCUT2D eigenvalue weighted by Gasteiger charge is -2.22. The summed E-state index contributed by atoms with van der Waals surface area (Å²) >= 11 is 0. The average molecular weight is 335 g/mol. The molecular weight excluding hydrogens is 318 g/mol. The van der Waals surface area contributed by atoms with E-state index in [2.05, 4.69) is 0 Å². The molecule has 5 heteroatoms. The summed E-state index contributed by atoms with van der Waals surface area (Å²) in [7, 11) is 3.24. The Morgan fingerprint density at radius 3 is 2.64 bits per heavy atom. The van der Waals surface area contributed by atoms with Crippen molar-refractivity contribution in [1.29, 1.82) is 0 Å². The predicted molar refractivity (Wildman–Crippen MR) is 94.2 cm³/mol. The van der Waals surface area contributed by atoms with Gasteiger partial charge in [-0.3, -0.25) is 9.59 Å². The smallest absolute Gasteiger partial charge is 0.290 e. The van der Waals surface area contributed by atoms with Crippen LogP contribution in [0.3, 0.4) is 0 Å². The van der Waals surface area contributed by atoms with Crippen LogP contribution in [0.15, 0.2) is 51.7 Å². The zero-order valence-electron chi connectivity index (χ0n) is 14.2. The quantitative estimate of drug-likeness (QED) is 0.721. The minimum atomic E-state index is -0.528. The molecule has 0 N–H and O–H groups in total. The lowest BCUT2D eigenvalue weighted by Crippen LogP contribution is -2.25. The Morgan fingerprint density at radius 2 is 1.88 bits per heavy atom. The molecule has 25 heavy (non-hydrogen) atoms. The van der Waals surface area contributed by atoms with Gasteiger partial charge in [-0.2, -0.15) is 0 Å². The Labute approximate surface area is 144 Å². The van der Waals surface area contributed by atoms with E-state index in [4.69, 9.17) is 9.15 Å². The molecule has 1 unspecified atom stereocenters. The Balaban J connectivity index is 2.06. The number of fused-ring (bicyclic) bond motifs is 2. The van der Waals surface area contributed by atoms with Gasteiger partial charge in [-0.25, -0.2) is 0 Å². The molecule has 0 radical (unpaired) electrons. The number of ether oxygens (including phenoxy) is 1. The summed E-state index contributed by atoms with van der Waals surface area (Å²) in [6.45, 7) is 1.92. The van der Waals surface area contributed by atoms with Gasteiger partial charge >= 0.3 is 0 Å². The summed E-state index contributed by atoms with van der Waals surface area (Å²) in [5.74, 6) is 0.439. The van der Waals surface area contributed by atoms with Crippen LogP contribution < -0.4 is 10.2 Å². The predicted octanol–water partition coefficient (Wildman–Crippen LogP) is 3.29. The van der Waals surface area contributed by atoms with Crippen LogP contribution >= 0.6 is 0 Å². The number of nitrogens with zero attached hydrogens (tertiary/aromatic N) is 1. The van der Waals surface area contributed by atoms with Crippen molar-refractivity contribution >= 4 is 16.9 Å². The summed E-state index contributed by atoms with van der Waals surface area (Å²) in [5, 5.41) is 0.488. The highest BCUT2D eigenvalue weighted by Crippen LogP contribution is 2.40. The topological polar surface area (TPSA) is 59.8 Å². The van der Waals surface area contributed by atoms with Gasteiger partial charge in [0.05, 0.1) is 24.1 Å². The van der Waals surface area contributed by atoms with Crippen LogP contribution in [0.25, 0.3) is 11.0 Å². The minimum Gasteiger partial charge on any atom is -0.496 e. The summed E-state index contributed by atoms with van der Waals surface area (Å²) in [5.41, 5.74) is 2.35. The maximum absolute atomic E-state index is 13.2. The number of benzene rings is 2. The van der Waals surface area contributed by atoms with E-state index in [1.807, 2.05) is 37.3 Å². The van der Waals surface area contributed by atoms with E-state index in [-0.39, 0.29) is 17.1 Å². The maximum Gasteiger partial charge on any atom is 0.290 e. The lowest BCUT2D eigenvalue weighted by molar-refractivity contribution is 0.0770. The third-order valence-electron chi connectivity index (χ3n) is 4.69. The highest BCUT2D eigenvalue weighted by molar-refractivity contribution is 5.99. The van der Waals surface area contributed by atoms with Crippen molar-refractivity contribution in [2.45, 2.75) is 13.0 Å². The van der Waals surface area contributed by atoms with E-state index in [9.17, 15) is 9.59 Å². The fourth-order valence-electron chi connectivity index (χ4n) is 3.46. The van der Waals surface area contributed by atoms with Crippen molar-refractivity contribution in [3.8, 4) is 5.75 Å². The molecule has 0 bridgehead atoms. The minimum absolute atomic E-state index is 0.111. The number of carbonyl (C=O) groups is 1. The van der Waals surface area contributed by atoms with Crippen molar-refractivity contribution in [2.24, 2.45) is 0 Å². The van der Waals surface area contributed by atoms with Crippen LogP contribution in [0.1, 0.15) is 33.3 Å². The standard InChI is InChI=1S/C20H17NO4/c1-11-8-9-15-13(10-11)18(22)16-17(21(2)20(23)19(16)25-15)12-6-4-5-7-14(12)24-3/h4-10,17H,1-3H3. The number of methoxy groups -OCH3 is 1. The highest BCUT2D eigenvalue weighted by Gasteiger charge is 2.41. The second kappa shape index (κ2) is 5.48. The first-order valence-electron chi connectivity index (χ1n) is 8.00. The van der Waals surface area contributed by atoms with Gasteiger partial charge in [0.25, 0.3) is 5.91 Å². The van der Waals surface area contributed by atoms with Gasteiger partial charge in [0, 0.05) is 12.6 Å². The molecule has 1 amide bonds. The Hall–Kier alpha value is -3.08. The van der Waals surface area contributed by atoms with Crippen LogP contribution in [0, 0.1) is 6.92 Å². The van der Waals surface area contributed by atoms with Crippen LogP contribution in [-0.2, 0) is 0 Å². The van der Waals surface area contributed by atoms with Crippen LogP contribution in [0.5, 0.6) is 5.75 Å². The average Bonchev–Trinajstić information content (AvgIpc) is 2.87. The van der Waals surface area contributed by atoms with Gasteiger partial charge in [0.15, 0.2) is 5.43 Å². The molecule has 0 spiro atoms. The molecule has 0 aliphatic carbocycles. The van der Waals surface area contributed by atoms with Gasteiger partial charge < -0.3 is 14.1 Å². The number of amides is 1. The molecule has 1 aliphatic heterocycles. The molecule has 0 fully saturated rings. The molecule has 1 aromatic heterocycles. The number of hydrogen-bond acceptors (Lipinski definition) is 4. The zero-order chi connectivity index (χ0) is 17.7. The van der Waals surface area contributed by atoms with Crippen molar-refractivity contribution < 1.29 is 13.9 Å². The van der Waals surface area contributed by atoms with Gasteiger partial charge in [0.1, 0.15) is 11.3 Å². The molecule has 0 saturated carbocycles. The second-order valence-electron chi connectivity index (χ2n) is 6.23. The Morgan fingerprint density at radius 1 is 1.12 bits per heavy atom. The van der Waals surface area contributed by atoms with Crippen LogP contribution in [-0.4, -0.2) is 25.0 Å². The Kier molecular flexibility index (Phi) is 3.39. The van der Waals surface area contributed by atoms with E-state index < -0.39 is 6.04 Å². The summed E-state index contributed by atoms with van der Waals surface area (Å²) in [6, 6.07) is 12.3. The first kappa shape index (κ1) is 15.4. The molecule has 5 nitrogen and oxygen atoms in total. The number of para-hydroxylation sites is 1. The van der Waals surface area contributed by atoms with E-state index in [0.717, 1.165) is 11.1 Å². The second-order valence-corrected chi connectivity index (χ2v) is 6.23. The van der Waals surface area contributed by atoms with Crippen LogP contribution in [0.4, 0.5) is 0 Å². The highest BCUT2D eigenvalue weighted by atomic mass is 16.5. The fourth-order valence-corrected chi connectivity index (χ4v) is 3.46. The number of rotatable bonds is 2. The number of hydrogen-bond donors (Lipinski definition) is 0. The lowest BCUT2D eigenvalue weighted by atomic mass is 9.97. The van der Waals surface area contributed by atoms with E-state index >= 15 is 0 Å². The van der Waals surface area contributed by atoms with Crippen molar-refractivity contribution in [3.05, 3.63) is 75.1 Å². The van der Waals surface area contributed by atoms with E-state index in [1.54, 1.807) is 26.3 Å². The van der Waals surface area contributed by atoms with E-state index in [1.165, 1.54) is 4.90 Å². The Bertz CT molecular complexity index is 1070. The first-order valence-corrected chi connectivity index (χ1v) is 8.00. The normalized spacial score (nSPS) is 16.4. The zero-order valence-corrected chi connectivity index (χ0v) is 14.2. The molecular formula is C20H17NO4. The van der Waals surface area contributed by atoms with Gasteiger partial charge in [0.2, 0.25) is 5.76 Å². The first-order chi connectivity index (χ1) is 12.0. The molecule has 0 saturated heterocycles. The largest absolute Gasteiger partial charge is 0.496 e. The fraction of sp³-hybridized carbons (Fsp3) is 0.200. The van der Waals surface area contributed by atoms with Crippen molar-refractivity contribution in [2.75, 3.05) is 14.2 Å². The summed E-state index contributed by atoms with van der Waals surface area (Å²) < 4.78 is 11.2. The van der Waals surface area contributed by atoms with Crippen molar-refractivity contribution in [3.63, 3.8) is 0 Å². The molecule has 1 atom stereocenters. The van der Waals surface area contributed by atoms with Crippen LogP contribution in [0.2, 0.25) is 0 Å². The summed E-state index contributed by atoms with van der Waals surface area (Å²) in [4.78, 5) is 27.4. The molecule has 2 aromatic carbocycles. The molecule has 1 aliphatic rings. The monoisotopic (exact) mass is 335 g/mol. The third kappa shape index (κ3) is 2.16. The third-order valence-corrected chi connectivity index (χ3v) is 4.69. The molecule has 4 rings (SSSR count). The molecule has 126 valence electrons. The summed E-state index contributed by atoms with van der Waals surface area (Å²) in [6.07, 6.45) is 0. The molecule has 3 aromatic rings. The van der Waals surface area contributed by atoms with E-state index in [0.29, 0.717) is 22.3 Å². The van der Waals surface area contributed by atoms with Crippen molar-refractivity contribution in [1.82, 2.24) is 4.90 Å². The SMILES string of the molecule is COc1ccccc1C1c2c(oc3ccc(C)cc3c2=O)C(=O)N1C. The maximum atomic E-state index is 13.2. The van der Waals surface area contributed by atoms with Gasteiger partial charge in [-0.05, 0) is 25.1 Å². The van der Waals surface area contributed by atoms with Gasteiger partial charge in [-0.15, -0.1) is 0 Å². The number of aryl methyl sites for hydroxylation is 1.